The van der Waals surface area contributed by atoms with Gasteiger partial charge in [-0.05, 0) is 5.92 Å². The van der Waals surface area contributed by atoms with Crippen LogP contribution < -0.4 is 5.32 Å². The number of ether oxygens (including phenoxy) is 1. The predicted molar refractivity (Wildman–Crippen MR) is 62.4 cm³/mol. The second-order valence-corrected chi connectivity index (χ2v) is 4.39. The van der Waals surface area contributed by atoms with Gasteiger partial charge in [-0.2, -0.15) is 13.2 Å². The van der Waals surface area contributed by atoms with Crippen molar-refractivity contribution in [3.8, 4) is 0 Å². The monoisotopic (exact) mass is 265 g/mol. The van der Waals surface area contributed by atoms with Crippen LogP contribution in [0, 0.1) is 5.92 Å². The van der Waals surface area contributed by atoms with Gasteiger partial charge in [0.25, 0.3) is 0 Å². The van der Waals surface area contributed by atoms with E-state index in [1.54, 1.807) is 6.20 Å². The lowest BCUT2D eigenvalue weighted by Crippen LogP contribution is -2.21. The summed E-state index contributed by atoms with van der Waals surface area (Å²) < 4.78 is 41.8. The van der Waals surface area contributed by atoms with Crippen LogP contribution in [0.5, 0.6) is 0 Å². The van der Waals surface area contributed by atoms with Gasteiger partial charge < -0.3 is 14.6 Å². The summed E-state index contributed by atoms with van der Waals surface area (Å²) in [5.74, 6) is 1.13. The molecular weight excluding hydrogens is 247 g/mol. The van der Waals surface area contributed by atoms with Crippen LogP contribution in [0.25, 0.3) is 0 Å². The Hall–Kier alpha value is -1.24. The average Bonchev–Trinajstić information content (AvgIpc) is 2.62. The molecule has 1 N–H and O–H groups in total. The van der Waals surface area contributed by atoms with Gasteiger partial charge >= 0.3 is 6.18 Å². The zero-order valence-corrected chi connectivity index (χ0v) is 10.5. The van der Waals surface area contributed by atoms with Crippen molar-refractivity contribution < 1.29 is 17.9 Å². The van der Waals surface area contributed by atoms with Crippen molar-refractivity contribution in [3.05, 3.63) is 12.4 Å². The van der Waals surface area contributed by atoms with Gasteiger partial charge in [0.2, 0.25) is 5.95 Å². The van der Waals surface area contributed by atoms with E-state index in [-0.39, 0.29) is 6.61 Å². The molecule has 0 saturated heterocycles. The maximum absolute atomic E-state index is 11.8. The summed E-state index contributed by atoms with van der Waals surface area (Å²) in [5, 5.41) is 2.94. The molecule has 0 aromatic carbocycles. The molecule has 0 saturated carbocycles. The SMILES string of the molecule is CC(C)Cn1ccnc1NCCOCC(F)(F)F. The van der Waals surface area contributed by atoms with E-state index in [4.69, 9.17) is 0 Å². The summed E-state index contributed by atoms with van der Waals surface area (Å²) in [4.78, 5) is 4.09. The van der Waals surface area contributed by atoms with Gasteiger partial charge in [-0.1, -0.05) is 13.8 Å². The van der Waals surface area contributed by atoms with Crippen LogP contribution in [0.1, 0.15) is 13.8 Å². The third-order valence-electron chi connectivity index (χ3n) is 2.07. The second-order valence-electron chi connectivity index (χ2n) is 4.39. The number of rotatable bonds is 7. The first-order chi connectivity index (χ1) is 8.38. The molecule has 0 atom stereocenters. The van der Waals surface area contributed by atoms with Crippen LogP contribution in [0.15, 0.2) is 12.4 Å². The Labute approximate surface area is 104 Å². The number of halogens is 3. The summed E-state index contributed by atoms with van der Waals surface area (Å²) in [5.41, 5.74) is 0. The molecule has 104 valence electrons. The Morgan fingerprint density at radius 2 is 2.17 bits per heavy atom. The molecule has 1 aromatic rings. The minimum atomic E-state index is -4.27. The van der Waals surface area contributed by atoms with Gasteiger partial charge in [0.15, 0.2) is 0 Å². The Balaban J connectivity index is 2.25. The highest BCUT2D eigenvalue weighted by Gasteiger charge is 2.27. The van der Waals surface area contributed by atoms with E-state index in [1.807, 2.05) is 10.8 Å². The zero-order valence-electron chi connectivity index (χ0n) is 10.5. The molecule has 0 spiro atoms. The third-order valence-corrected chi connectivity index (χ3v) is 2.07. The molecule has 0 radical (unpaired) electrons. The lowest BCUT2D eigenvalue weighted by atomic mass is 10.2. The molecular formula is C11H18F3N3O. The van der Waals surface area contributed by atoms with Crippen LogP contribution in [-0.2, 0) is 11.3 Å². The molecule has 0 aliphatic rings. The lowest BCUT2D eigenvalue weighted by molar-refractivity contribution is -0.172. The summed E-state index contributed by atoms with van der Waals surface area (Å²) in [6.45, 7) is 4.05. The van der Waals surface area contributed by atoms with Gasteiger partial charge in [0.05, 0.1) is 6.61 Å². The number of hydrogen-bond acceptors (Lipinski definition) is 3. The molecule has 0 bridgehead atoms. The van der Waals surface area contributed by atoms with E-state index in [1.165, 1.54) is 0 Å². The maximum atomic E-state index is 11.8. The molecule has 0 aliphatic heterocycles. The minimum absolute atomic E-state index is 0.00590. The number of hydrogen-bond donors (Lipinski definition) is 1. The van der Waals surface area contributed by atoms with Gasteiger partial charge in [-0.3, -0.25) is 0 Å². The third kappa shape index (κ3) is 5.90. The van der Waals surface area contributed by atoms with Crippen LogP contribution in [0.4, 0.5) is 19.1 Å². The largest absolute Gasteiger partial charge is 0.411 e. The van der Waals surface area contributed by atoms with E-state index in [0.29, 0.717) is 18.4 Å². The topological polar surface area (TPSA) is 39.1 Å². The van der Waals surface area contributed by atoms with Crippen molar-refractivity contribution >= 4 is 5.95 Å². The fourth-order valence-electron chi connectivity index (χ4n) is 1.44. The molecule has 0 unspecified atom stereocenters. The fourth-order valence-corrected chi connectivity index (χ4v) is 1.44. The van der Waals surface area contributed by atoms with Crippen molar-refractivity contribution in [2.45, 2.75) is 26.6 Å². The van der Waals surface area contributed by atoms with Crippen LogP contribution >= 0.6 is 0 Å². The molecule has 1 rings (SSSR count). The lowest BCUT2D eigenvalue weighted by Gasteiger charge is -2.12. The van der Waals surface area contributed by atoms with Crippen molar-refractivity contribution in [2.75, 3.05) is 25.1 Å². The van der Waals surface area contributed by atoms with E-state index in [9.17, 15) is 13.2 Å². The summed E-state index contributed by atoms with van der Waals surface area (Å²) in [6.07, 6.45) is -0.781. The quantitative estimate of drug-likeness (QED) is 0.770. The summed E-state index contributed by atoms with van der Waals surface area (Å²) in [7, 11) is 0. The highest BCUT2D eigenvalue weighted by atomic mass is 19.4. The Kier molecular flexibility index (Phi) is 5.46. The van der Waals surface area contributed by atoms with Crippen LogP contribution in [-0.4, -0.2) is 35.5 Å². The van der Waals surface area contributed by atoms with E-state index in [0.717, 1.165) is 6.54 Å². The number of nitrogens with zero attached hydrogens (tertiary/aromatic N) is 2. The maximum Gasteiger partial charge on any atom is 0.411 e. The van der Waals surface area contributed by atoms with E-state index >= 15 is 0 Å². The first-order valence-electron chi connectivity index (χ1n) is 5.78. The van der Waals surface area contributed by atoms with Crippen LogP contribution in [0.3, 0.4) is 0 Å². The Morgan fingerprint density at radius 3 is 2.78 bits per heavy atom. The molecule has 1 aromatic heterocycles. The van der Waals surface area contributed by atoms with Gasteiger partial charge in [-0.25, -0.2) is 4.98 Å². The van der Waals surface area contributed by atoms with Crippen molar-refractivity contribution in [1.82, 2.24) is 9.55 Å². The normalized spacial score (nSPS) is 12.1. The summed E-state index contributed by atoms with van der Waals surface area (Å²) >= 11 is 0. The highest BCUT2D eigenvalue weighted by molar-refractivity contribution is 5.25. The molecule has 0 aliphatic carbocycles. The number of nitrogens with one attached hydrogen (secondary N) is 1. The summed E-state index contributed by atoms with van der Waals surface area (Å²) in [6, 6.07) is 0. The predicted octanol–water partition coefficient (Wildman–Crippen LogP) is 2.53. The Bertz CT molecular complexity index is 350. The first kappa shape index (κ1) is 14.8. The molecule has 18 heavy (non-hydrogen) atoms. The van der Waals surface area contributed by atoms with Crippen molar-refractivity contribution in [2.24, 2.45) is 5.92 Å². The van der Waals surface area contributed by atoms with E-state index in [2.05, 4.69) is 28.9 Å². The molecule has 0 fully saturated rings. The van der Waals surface area contributed by atoms with Gasteiger partial charge in [0, 0.05) is 25.5 Å². The van der Waals surface area contributed by atoms with E-state index < -0.39 is 12.8 Å². The van der Waals surface area contributed by atoms with Gasteiger partial charge in [0.1, 0.15) is 6.61 Å². The van der Waals surface area contributed by atoms with Crippen LogP contribution in [0.2, 0.25) is 0 Å². The fraction of sp³-hybridized carbons (Fsp3) is 0.727. The Morgan fingerprint density at radius 1 is 1.44 bits per heavy atom. The van der Waals surface area contributed by atoms with Crippen molar-refractivity contribution in [3.63, 3.8) is 0 Å². The first-order valence-corrected chi connectivity index (χ1v) is 5.78. The van der Waals surface area contributed by atoms with Crippen molar-refractivity contribution in [1.29, 1.82) is 0 Å². The minimum Gasteiger partial charge on any atom is -0.370 e. The smallest absolute Gasteiger partial charge is 0.370 e. The number of imidazole rings is 1. The number of aromatic nitrogens is 2. The number of anilines is 1. The average molecular weight is 265 g/mol. The molecule has 7 heteroatoms. The van der Waals surface area contributed by atoms with Gasteiger partial charge in [-0.15, -0.1) is 0 Å². The zero-order chi connectivity index (χ0) is 13.6. The second kappa shape index (κ2) is 6.63. The molecule has 0 amide bonds. The molecule has 1 heterocycles. The number of alkyl halides is 3. The standard InChI is InChI=1S/C11H18F3N3O/c1-9(2)7-17-5-3-15-10(17)16-4-6-18-8-11(12,13)14/h3,5,9H,4,6-8H2,1-2H3,(H,15,16). The highest BCUT2D eigenvalue weighted by Crippen LogP contribution is 2.14. The molecule has 4 nitrogen and oxygen atoms in total.